The summed E-state index contributed by atoms with van der Waals surface area (Å²) >= 11 is 0. The van der Waals surface area contributed by atoms with Gasteiger partial charge >= 0.3 is 35.5 Å². The molecule has 2 saturated heterocycles. The van der Waals surface area contributed by atoms with E-state index < -0.39 is 42.8 Å². The number of carbonyl (C=O) groups excluding carboxylic acids is 2. The maximum Gasteiger partial charge on any atom is 1.00 e. The van der Waals surface area contributed by atoms with E-state index in [1.807, 2.05) is 0 Å². The maximum absolute atomic E-state index is 11.5. The van der Waals surface area contributed by atoms with Crippen molar-refractivity contribution in [3.05, 3.63) is 23.6 Å². The fraction of sp³-hybridized carbons (Fsp3) is 0.571. The van der Waals surface area contributed by atoms with Gasteiger partial charge in [0.15, 0.2) is 6.23 Å². The maximum atomic E-state index is 11.5. The molecule has 9 heteroatoms. The summed E-state index contributed by atoms with van der Waals surface area (Å²) in [6.45, 7) is 1.37. The second-order valence-electron chi connectivity index (χ2n) is 5.02. The summed E-state index contributed by atoms with van der Waals surface area (Å²) in [5.74, 6) is -2.58. The fourth-order valence-electron chi connectivity index (χ4n) is 2.79. The number of carboxylic acid groups (broad SMARTS) is 1. The minimum atomic E-state index is -1.41. The van der Waals surface area contributed by atoms with E-state index in [1.54, 1.807) is 6.92 Å². The third-order valence-corrected chi connectivity index (χ3v) is 3.84. The number of fused-ring (bicyclic) bond motifs is 1. The number of aliphatic carboxylic acids is 1. The zero-order chi connectivity index (χ0) is 16.4. The molecular formula is C14H18NNaO7. The molecule has 8 nitrogen and oxygen atoms in total. The van der Waals surface area contributed by atoms with E-state index in [-0.39, 0.29) is 35.3 Å². The number of carbonyl (C=O) groups is 2. The number of aliphatic hydroxyl groups excluding tert-OH is 2. The Hall–Kier alpha value is -1.06. The number of nitrogens with zero attached hydrogens (tertiary/aromatic N) is 1. The smallest absolute Gasteiger partial charge is 0.547 e. The van der Waals surface area contributed by atoms with Crippen molar-refractivity contribution in [3.63, 3.8) is 0 Å². The van der Waals surface area contributed by atoms with Crippen LogP contribution in [0.4, 0.5) is 0 Å². The second kappa shape index (κ2) is 8.16. The largest absolute Gasteiger partial charge is 1.00 e. The Morgan fingerprint density at radius 1 is 1.52 bits per heavy atom. The quantitative estimate of drug-likeness (QED) is 0.291. The number of rotatable bonds is 5. The van der Waals surface area contributed by atoms with Crippen LogP contribution < -0.4 is 34.7 Å². The molecule has 2 aliphatic rings. The molecule has 0 aromatic carbocycles. The summed E-state index contributed by atoms with van der Waals surface area (Å²) in [7, 11) is 1.20. The van der Waals surface area contributed by atoms with E-state index >= 15 is 0 Å². The van der Waals surface area contributed by atoms with Gasteiger partial charge in [-0.25, -0.2) is 4.79 Å². The van der Waals surface area contributed by atoms with Crippen LogP contribution in [-0.2, 0) is 19.1 Å². The minimum Gasteiger partial charge on any atom is -0.547 e. The van der Waals surface area contributed by atoms with Crippen LogP contribution >= 0.6 is 0 Å². The third kappa shape index (κ3) is 3.56. The Labute approximate surface area is 155 Å². The van der Waals surface area contributed by atoms with Gasteiger partial charge in [-0.2, -0.15) is 0 Å². The molecule has 0 bridgehead atoms. The number of hydrogen-bond donors (Lipinski definition) is 2. The summed E-state index contributed by atoms with van der Waals surface area (Å²) in [6, 6.07) is -1.24. The molecule has 0 aromatic rings. The normalized spacial score (nSPS) is 30.1. The van der Waals surface area contributed by atoms with E-state index in [0.717, 1.165) is 6.08 Å². The molecule has 2 fully saturated rings. The standard InChI is InChI=1S/C14H19NO7.Na/c1-3-8(17)11-7(6-10(18)21-2)15-12(14(19)20)9(4-5-16)22-13(11)15;/h4,6,8,11-13,16-17H,3,5H2,1-2H3,(H,19,20);/q;+1/p-1/b7-6-,9-4-;/t8?,11-,12-,13-;/m1./s1. The van der Waals surface area contributed by atoms with Crippen molar-refractivity contribution >= 4 is 11.9 Å². The number of aliphatic hydroxyl groups is 2. The molecule has 2 aliphatic heterocycles. The van der Waals surface area contributed by atoms with E-state index in [9.17, 15) is 19.8 Å². The van der Waals surface area contributed by atoms with Crippen LogP contribution in [0.25, 0.3) is 0 Å². The van der Waals surface area contributed by atoms with Crippen LogP contribution in [-0.4, -0.2) is 59.1 Å². The summed E-state index contributed by atoms with van der Waals surface area (Å²) in [6.07, 6.45) is 1.26. The van der Waals surface area contributed by atoms with Crippen molar-refractivity contribution in [1.29, 1.82) is 0 Å². The molecule has 23 heavy (non-hydrogen) atoms. The fourth-order valence-corrected chi connectivity index (χ4v) is 2.79. The van der Waals surface area contributed by atoms with Crippen LogP contribution in [0, 0.1) is 5.92 Å². The Kier molecular flexibility index (Phi) is 7.09. The average molecular weight is 335 g/mol. The summed E-state index contributed by atoms with van der Waals surface area (Å²) < 4.78 is 10.1. The monoisotopic (exact) mass is 335 g/mol. The van der Waals surface area contributed by atoms with Gasteiger partial charge in [0.25, 0.3) is 0 Å². The molecule has 4 atom stereocenters. The van der Waals surface area contributed by atoms with Crippen molar-refractivity contribution in [1.82, 2.24) is 4.90 Å². The molecule has 0 radical (unpaired) electrons. The Morgan fingerprint density at radius 2 is 2.17 bits per heavy atom. The molecule has 2 heterocycles. The predicted octanol–water partition coefficient (Wildman–Crippen LogP) is -4.90. The van der Waals surface area contributed by atoms with Crippen LogP contribution in [0.5, 0.6) is 0 Å². The van der Waals surface area contributed by atoms with Crippen LogP contribution in [0.2, 0.25) is 0 Å². The molecule has 0 spiro atoms. The molecular weight excluding hydrogens is 317 g/mol. The first kappa shape index (κ1) is 20.0. The van der Waals surface area contributed by atoms with Crippen LogP contribution in [0.3, 0.4) is 0 Å². The van der Waals surface area contributed by atoms with Gasteiger partial charge in [0.2, 0.25) is 0 Å². The van der Waals surface area contributed by atoms with E-state index in [4.69, 9.17) is 9.84 Å². The van der Waals surface area contributed by atoms with Crippen LogP contribution in [0.15, 0.2) is 23.6 Å². The van der Waals surface area contributed by atoms with E-state index in [2.05, 4.69) is 4.74 Å². The van der Waals surface area contributed by atoms with Crippen molar-refractivity contribution in [2.75, 3.05) is 13.7 Å². The zero-order valence-electron chi connectivity index (χ0n) is 13.3. The van der Waals surface area contributed by atoms with Gasteiger partial charge < -0.3 is 34.5 Å². The molecule has 0 aliphatic carbocycles. The Bertz CT molecular complexity index is 533. The van der Waals surface area contributed by atoms with Gasteiger partial charge in [0, 0.05) is 11.8 Å². The minimum absolute atomic E-state index is 0. The summed E-state index contributed by atoms with van der Waals surface area (Å²) in [5, 5.41) is 30.4. The first-order valence-corrected chi connectivity index (χ1v) is 6.90. The molecule has 122 valence electrons. The van der Waals surface area contributed by atoms with Gasteiger partial charge in [-0.1, -0.05) is 6.92 Å². The van der Waals surface area contributed by atoms with Gasteiger partial charge in [-0.3, -0.25) is 0 Å². The average Bonchev–Trinajstić information content (AvgIpc) is 2.79. The second-order valence-corrected chi connectivity index (χ2v) is 5.02. The molecule has 2 N–H and O–H groups in total. The third-order valence-electron chi connectivity index (χ3n) is 3.84. The first-order chi connectivity index (χ1) is 10.5. The zero-order valence-corrected chi connectivity index (χ0v) is 15.3. The molecule has 0 aromatic heterocycles. The SMILES string of the molecule is CCC(O)[C@H]1/C(=C/C(=O)OC)N2[C@@H]1O/C(=C\CO)[C@@H]2C(=O)[O-].[Na+]. The number of esters is 1. The first-order valence-electron chi connectivity index (χ1n) is 6.90. The number of ether oxygens (including phenoxy) is 2. The van der Waals surface area contributed by atoms with Gasteiger partial charge in [0.1, 0.15) is 11.8 Å². The number of hydrogen-bond acceptors (Lipinski definition) is 8. The van der Waals surface area contributed by atoms with Crippen molar-refractivity contribution < 1.29 is 63.9 Å². The Morgan fingerprint density at radius 3 is 2.65 bits per heavy atom. The topological polar surface area (TPSA) is 119 Å². The molecule has 2 rings (SSSR count). The van der Waals surface area contributed by atoms with Crippen molar-refractivity contribution in [2.24, 2.45) is 5.92 Å². The summed E-state index contributed by atoms with van der Waals surface area (Å²) in [4.78, 5) is 24.2. The van der Waals surface area contributed by atoms with Crippen molar-refractivity contribution in [2.45, 2.75) is 31.7 Å². The number of carboxylic acids is 1. The number of methoxy groups -OCH3 is 1. The molecule has 0 amide bonds. The van der Waals surface area contributed by atoms with E-state index in [1.165, 1.54) is 18.1 Å². The van der Waals surface area contributed by atoms with Gasteiger partial charge in [-0.05, 0) is 12.5 Å². The van der Waals surface area contributed by atoms with E-state index in [0.29, 0.717) is 12.1 Å². The summed E-state index contributed by atoms with van der Waals surface area (Å²) in [5.41, 5.74) is 0.321. The van der Waals surface area contributed by atoms with Gasteiger partial charge in [-0.15, -0.1) is 0 Å². The van der Waals surface area contributed by atoms with Gasteiger partial charge in [0.05, 0.1) is 31.7 Å². The molecule has 1 unspecified atom stereocenters. The predicted molar refractivity (Wildman–Crippen MR) is 70.6 cm³/mol. The van der Waals surface area contributed by atoms with Crippen LogP contribution in [0.1, 0.15) is 13.3 Å². The van der Waals surface area contributed by atoms with Crippen molar-refractivity contribution in [3.8, 4) is 0 Å². The Balaban J connectivity index is 0.00000264. The molecule has 0 saturated carbocycles.